The molecule has 1 aromatic carbocycles. The lowest BCUT2D eigenvalue weighted by Gasteiger charge is -2.25. The Labute approximate surface area is 106 Å². The van der Waals surface area contributed by atoms with Crippen LogP contribution in [0.5, 0.6) is 11.5 Å². The molecule has 0 bridgehead atoms. The summed E-state index contributed by atoms with van der Waals surface area (Å²) < 4.78 is 24.8. The maximum Gasteiger partial charge on any atom is 0.164 e. The van der Waals surface area contributed by atoms with Gasteiger partial charge < -0.3 is 14.8 Å². The standard InChI is InChI=1S/C14H18FNO2/c15-12-9-14-13(17-5-6-18-14)8-10(12)7-11-3-1-2-4-16-11/h8-9,11,16H,1-7H2. The number of ether oxygens (including phenoxy) is 2. The van der Waals surface area contributed by atoms with E-state index in [9.17, 15) is 4.39 Å². The van der Waals surface area contributed by atoms with E-state index in [4.69, 9.17) is 9.47 Å². The highest BCUT2D eigenvalue weighted by molar-refractivity contribution is 5.44. The fourth-order valence-electron chi connectivity index (χ4n) is 2.63. The van der Waals surface area contributed by atoms with Gasteiger partial charge in [0.2, 0.25) is 0 Å². The topological polar surface area (TPSA) is 30.5 Å². The third kappa shape index (κ3) is 2.43. The van der Waals surface area contributed by atoms with Gasteiger partial charge in [-0.3, -0.25) is 0 Å². The largest absolute Gasteiger partial charge is 0.486 e. The number of nitrogens with one attached hydrogen (secondary N) is 1. The highest BCUT2D eigenvalue weighted by atomic mass is 19.1. The van der Waals surface area contributed by atoms with E-state index >= 15 is 0 Å². The van der Waals surface area contributed by atoms with E-state index in [1.165, 1.54) is 18.9 Å². The first-order valence-electron chi connectivity index (χ1n) is 6.64. The highest BCUT2D eigenvalue weighted by Crippen LogP contribution is 2.33. The van der Waals surface area contributed by atoms with Crippen molar-refractivity contribution in [3.63, 3.8) is 0 Å². The summed E-state index contributed by atoms with van der Waals surface area (Å²) in [4.78, 5) is 0. The van der Waals surface area contributed by atoms with Crippen molar-refractivity contribution in [3.8, 4) is 11.5 Å². The second kappa shape index (κ2) is 5.14. The molecule has 0 spiro atoms. The number of halogens is 1. The summed E-state index contributed by atoms with van der Waals surface area (Å²) in [5, 5.41) is 3.44. The van der Waals surface area contributed by atoms with Crippen LogP contribution in [-0.4, -0.2) is 25.8 Å². The molecular formula is C14H18FNO2. The number of hydrogen-bond acceptors (Lipinski definition) is 3. The van der Waals surface area contributed by atoms with Gasteiger partial charge in [-0.2, -0.15) is 0 Å². The molecule has 4 heteroatoms. The third-order valence-electron chi connectivity index (χ3n) is 3.59. The summed E-state index contributed by atoms with van der Waals surface area (Å²) in [5.41, 5.74) is 0.721. The second-order valence-electron chi connectivity index (χ2n) is 4.94. The van der Waals surface area contributed by atoms with E-state index in [-0.39, 0.29) is 5.82 Å². The minimum Gasteiger partial charge on any atom is -0.486 e. The summed E-state index contributed by atoms with van der Waals surface area (Å²) in [6.07, 6.45) is 4.29. The third-order valence-corrected chi connectivity index (χ3v) is 3.59. The Morgan fingerprint density at radius 2 is 1.94 bits per heavy atom. The van der Waals surface area contributed by atoms with Crippen molar-refractivity contribution in [2.75, 3.05) is 19.8 Å². The second-order valence-corrected chi connectivity index (χ2v) is 4.94. The first kappa shape index (κ1) is 11.8. The van der Waals surface area contributed by atoms with Crippen LogP contribution >= 0.6 is 0 Å². The van der Waals surface area contributed by atoms with E-state index in [0.717, 1.165) is 24.9 Å². The lowest BCUT2D eigenvalue weighted by atomic mass is 9.97. The first-order chi connectivity index (χ1) is 8.83. The van der Waals surface area contributed by atoms with Crippen LogP contribution in [0.25, 0.3) is 0 Å². The molecule has 18 heavy (non-hydrogen) atoms. The zero-order chi connectivity index (χ0) is 12.4. The molecule has 1 fully saturated rings. The maximum atomic E-state index is 14.0. The number of hydrogen-bond donors (Lipinski definition) is 1. The van der Waals surface area contributed by atoms with Crippen LogP contribution in [0.1, 0.15) is 24.8 Å². The molecular weight excluding hydrogens is 233 g/mol. The van der Waals surface area contributed by atoms with Gasteiger partial charge in [0, 0.05) is 12.1 Å². The molecule has 0 radical (unpaired) electrons. The van der Waals surface area contributed by atoms with E-state index in [0.29, 0.717) is 30.8 Å². The van der Waals surface area contributed by atoms with Crippen molar-refractivity contribution in [3.05, 3.63) is 23.5 Å². The Morgan fingerprint density at radius 3 is 2.67 bits per heavy atom. The Hall–Kier alpha value is -1.29. The molecule has 3 nitrogen and oxygen atoms in total. The summed E-state index contributed by atoms with van der Waals surface area (Å²) in [6, 6.07) is 3.63. The molecule has 1 N–H and O–H groups in total. The van der Waals surface area contributed by atoms with E-state index in [1.54, 1.807) is 6.07 Å². The molecule has 2 aliphatic rings. The Kier molecular flexibility index (Phi) is 3.37. The van der Waals surface area contributed by atoms with Crippen LogP contribution < -0.4 is 14.8 Å². The summed E-state index contributed by atoms with van der Waals surface area (Å²) in [6.45, 7) is 2.08. The van der Waals surface area contributed by atoms with Gasteiger partial charge in [-0.05, 0) is 37.4 Å². The number of benzene rings is 1. The summed E-state index contributed by atoms with van der Waals surface area (Å²) in [7, 11) is 0. The molecule has 1 aromatic rings. The predicted molar refractivity (Wildman–Crippen MR) is 66.7 cm³/mol. The van der Waals surface area contributed by atoms with E-state index in [2.05, 4.69) is 5.32 Å². The van der Waals surface area contributed by atoms with Crippen LogP contribution in [0.4, 0.5) is 4.39 Å². The predicted octanol–water partition coefficient (Wildman–Crippen LogP) is 2.28. The Morgan fingerprint density at radius 1 is 1.17 bits per heavy atom. The Balaban J connectivity index is 1.78. The van der Waals surface area contributed by atoms with Gasteiger partial charge in [0.25, 0.3) is 0 Å². The van der Waals surface area contributed by atoms with Gasteiger partial charge in [-0.25, -0.2) is 4.39 Å². The molecule has 0 aliphatic carbocycles. The van der Waals surface area contributed by atoms with Crippen LogP contribution in [0.15, 0.2) is 12.1 Å². The minimum atomic E-state index is -0.188. The van der Waals surface area contributed by atoms with Gasteiger partial charge in [0.1, 0.15) is 19.0 Å². The number of piperidine rings is 1. The normalized spacial score (nSPS) is 22.8. The van der Waals surface area contributed by atoms with E-state index in [1.807, 2.05) is 0 Å². The van der Waals surface area contributed by atoms with Crippen LogP contribution in [0.2, 0.25) is 0 Å². The molecule has 2 aliphatic heterocycles. The molecule has 0 saturated carbocycles. The van der Waals surface area contributed by atoms with Crippen LogP contribution in [-0.2, 0) is 6.42 Å². The monoisotopic (exact) mass is 251 g/mol. The lowest BCUT2D eigenvalue weighted by molar-refractivity contribution is 0.170. The molecule has 3 rings (SSSR count). The van der Waals surface area contributed by atoms with Crippen molar-refractivity contribution < 1.29 is 13.9 Å². The number of rotatable bonds is 2. The fourth-order valence-corrected chi connectivity index (χ4v) is 2.63. The molecule has 98 valence electrons. The smallest absolute Gasteiger partial charge is 0.164 e. The maximum absolute atomic E-state index is 14.0. The highest BCUT2D eigenvalue weighted by Gasteiger charge is 2.19. The number of fused-ring (bicyclic) bond motifs is 1. The van der Waals surface area contributed by atoms with Gasteiger partial charge in [-0.1, -0.05) is 6.42 Å². The van der Waals surface area contributed by atoms with Gasteiger partial charge in [0.05, 0.1) is 0 Å². The van der Waals surface area contributed by atoms with Crippen molar-refractivity contribution >= 4 is 0 Å². The van der Waals surface area contributed by atoms with Crippen LogP contribution in [0, 0.1) is 5.82 Å². The molecule has 1 atom stereocenters. The molecule has 0 aromatic heterocycles. The average molecular weight is 251 g/mol. The quantitative estimate of drug-likeness (QED) is 0.874. The SMILES string of the molecule is Fc1cc2c(cc1CC1CCCCN1)OCCO2. The first-order valence-corrected chi connectivity index (χ1v) is 6.64. The van der Waals surface area contributed by atoms with Crippen molar-refractivity contribution in [1.82, 2.24) is 5.32 Å². The van der Waals surface area contributed by atoms with Gasteiger partial charge in [-0.15, -0.1) is 0 Å². The summed E-state index contributed by atoms with van der Waals surface area (Å²) >= 11 is 0. The molecule has 1 unspecified atom stereocenters. The van der Waals surface area contributed by atoms with E-state index < -0.39 is 0 Å². The summed E-state index contributed by atoms with van der Waals surface area (Å²) in [5.74, 6) is 1.01. The Bertz CT molecular complexity index is 430. The zero-order valence-electron chi connectivity index (χ0n) is 10.4. The fraction of sp³-hybridized carbons (Fsp3) is 0.571. The van der Waals surface area contributed by atoms with Gasteiger partial charge in [0.15, 0.2) is 11.5 Å². The van der Waals surface area contributed by atoms with Crippen molar-refractivity contribution in [1.29, 1.82) is 0 Å². The average Bonchev–Trinajstić information content (AvgIpc) is 2.41. The van der Waals surface area contributed by atoms with Crippen molar-refractivity contribution in [2.24, 2.45) is 0 Å². The zero-order valence-corrected chi connectivity index (χ0v) is 10.4. The molecule has 1 saturated heterocycles. The molecule has 2 heterocycles. The lowest BCUT2D eigenvalue weighted by Crippen LogP contribution is -2.35. The van der Waals surface area contributed by atoms with Crippen molar-refractivity contribution in [2.45, 2.75) is 31.7 Å². The van der Waals surface area contributed by atoms with Crippen LogP contribution in [0.3, 0.4) is 0 Å². The van der Waals surface area contributed by atoms with Gasteiger partial charge >= 0.3 is 0 Å². The minimum absolute atomic E-state index is 0.188. The molecule has 0 amide bonds.